The van der Waals surface area contributed by atoms with Crippen LogP contribution in [-0.2, 0) is 0 Å². The molecule has 0 spiro atoms. The van der Waals surface area contributed by atoms with Gasteiger partial charge in [0.15, 0.2) is 6.29 Å². The normalized spacial score (nSPS) is 10.1. The zero-order chi connectivity index (χ0) is 10.6. The lowest BCUT2D eigenvalue weighted by Gasteiger charge is -2.03. The molecule has 0 amide bonds. The monoisotopic (exact) mass is 189 g/mol. The number of aldehydes is 1. The number of nitriles is 1. The predicted molar refractivity (Wildman–Crippen MR) is 51.2 cm³/mol. The van der Waals surface area contributed by atoms with Crippen LogP contribution in [-0.4, -0.2) is 6.29 Å². The number of carbonyl (C=O) groups is 1. The molecule has 0 fully saturated rings. The van der Waals surface area contributed by atoms with E-state index in [9.17, 15) is 9.18 Å². The highest BCUT2D eigenvalue weighted by atomic mass is 19.1. The molecule has 1 rings (SSSR count). The molecule has 14 heavy (non-hydrogen) atoms. The molecule has 2 nitrogen and oxygen atoms in total. The second-order valence-corrected chi connectivity index (χ2v) is 2.77. The van der Waals surface area contributed by atoms with Gasteiger partial charge in [0, 0.05) is 6.08 Å². The van der Waals surface area contributed by atoms with Crippen molar-refractivity contribution in [2.45, 2.75) is 6.92 Å². The molecule has 70 valence electrons. The molecule has 1 aromatic rings. The van der Waals surface area contributed by atoms with Crippen LogP contribution < -0.4 is 0 Å². The first kappa shape index (κ1) is 10.1. The zero-order valence-corrected chi connectivity index (χ0v) is 7.62. The highest BCUT2D eigenvalue weighted by Gasteiger charge is 2.07. The molecular formula is C11H8FNO. The van der Waals surface area contributed by atoms with E-state index in [0.717, 1.165) is 5.56 Å². The number of aryl methyl sites for hydroxylation is 1. The summed E-state index contributed by atoms with van der Waals surface area (Å²) in [6.45, 7) is 1.75. The Labute approximate surface area is 81.3 Å². The second kappa shape index (κ2) is 4.33. The molecule has 0 unspecified atom stereocenters. The molecular weight excluding hydrogens is 181 g/mol. The van der Waals surface area contributed by atoms with Gasteiger partial charge in [-0.15, -0.1) is 0 Å². The van der Waals surface area contributed by atoms with Crippen molar-refractivity contribution in [2.75, 3.05) is 0 Å². The van der Waals surface area contributed by atoms with Crippen molar-refractivity contribution in [3.05, 3.63) is 40.7 Å². The molecule has 0 aliphatic rings. The molecule has 0 aliphatic heterocycles. The molecule has 0 heterocycles. The molecule has 0 saturated heterocycles. The van der Waals surface area contributed by atoms with E-state index in [-0.39, 0.29) is 5.56 Å². The molecule has 0 atom stereocenters. The number of benzene rings is 1. The number of hydrogen-bond acceptors (Lipinski definition) is 2. The molecule has 0 N–H and O–H groups in total. The Morgan fingerprint density at radius 1 is 1.43 bits per heavy atom. The van der Waals surface area contributed by atoms with Gasteiger partial charge in [0.25, 0.3) is 0 Å². The van der Waals surface area contributed by atoms with E-state index < -0.39 is 5.82 Å². The van der Waals surface area contributed by atoms with Crippen LogP contribution in [0, 0.1) is 24.1 Å². The summed E-state index contributed by atoms with van der Waals surface area (Å²) in [7, 11) is 0. The third-order valence-corrected chi connectivity index (χ3v) is 1.89. The molecule has 1 aromatic carbocycles. The van der Waals surface area contributed by atoms with Crippen molar-refractivity contribution < 1.29 is 9.18 Å². The summed E-state index contributed by atoms with van der Waals surface area (Å²) in [6, 6.07) is 4.60. The number of hydrogen-bond donors (Lipinski definition) is 0. The van der Waals surface area contributed by atoms with Crippen LogP contribution in [0.25, 0.3) is 6.08 Å². The second-order valence-electron chi connectivity index (χ2n) is 2.77. The standard InChI is InChI=1S/C11H8FNO/c1-8-4-5-11(12)10(7-14)9(8)3-2-6-13/h2-5,7H,1H3. The van der Waals surface area contributed by atoms with Crippen LogP contribution >= 0.6 is 0 Å². The number of carbonyl (C=O) groups excluding carboxylic acids is 1. The first-order valence-corrected chi connectivity index (χ1v) is 4.01. The van der Waals surface area contributed by atoms with Gasteiger partial charge in [0.1, 0.15) is 5.82 Å². The Balaban J connectivity index is 3.38. The Morgan fingerprint density at radius 2 is 2.14 bits per heavy atom. The molecule has 0 saturated carbocycles. The highest BCUT2D eigenvalue weighted by Crippen LogP contribution is 2.17. The van der Waals surface area contributed by atoms with Crippen LogP contribution in [0.2, 0.25) is 0 Å². The van der Waals surface area contributed by atoms with Crippen molar-refractivity contribution in [3.63, 3.8) is 0 Å². The number of halogens is 1. The fourth-order valence-corrected chi connectivity index (χ4v) is 1.18. The molecule has 0 radical (unpaired) electrons. The van der Waals surface area contributed by atoms with Gasteiger partial charge in [0.2, 0.25) is 0 Å². The van der Waals surface area contributed by atoms with E-state index >= 15 is 0 Å². The Kier molecular flexibility index (Phi) is 3.14. The van der Waals surface area contributed by atoms with E-state index in [0.29, 0.717) is 11.8 Å². The minimum Gasteiger partial charge on any atom is -0.298 e. The van der Waals surface area contributed by atoms with Crippen molar-refractivity contribution in [1.82, 2.24) is 0 Å². The molecule has 3 heteroatoms. The lowest BCUT2D eigenvalue weighted by molar-refractivity contribution is 0.111. The van der Waals surface area contributed by atoms with Crippen molar-refractivity contribution in [2.24, 2.45) is 0 Å². The summed E-state index contributed by atoms with van der Waals surface area (Å²) in [6.07, 6.45) is 3.11. The molecule has 0 aromatic heterocycles. The lowest BCUT2D eigenvalue weighted by Crippen LogP contribution is -1.94. The van der Waals surface area contributed by atoms with Crippen LogP contribution in [0.1, 0.15) is 21.5 Å². The summed E-state index contributed by atoms with van der Waals surface area (Å²) in [4.78, 5) is 10.6. The predicted octanol–water partition coefficient (Wildman–Crippen LogP) is 2.48. The summed E-state index contributed by atoms with van der Waals surface area (Å²) < 4.78 is 13.1. The van der Waals surface area contributed by atoms with Gasteiger partial charge in [-0.2, -0.15) is 5.26 Å². The quantitative estimate of drug-likeness (QED) is 0.529. The van der Waals surface area contributed by atoms with E-state index in [1.165, 1.54) is 18.2 Å². The summed E-state index contributed by atoms with van der Waals surface area (Å²) >= 11 is 0. The number of nitrogens with zero attached hydrogens (tertiary/aromatic N) is 1. The summed E-state index contributed by atoms with van der Waals surface area (Å²) in [5.74, 6) is -0.566. The Bertz CT molecular complexity index is 430. The van der Waals surface area contributed by atoms with Crippen LogP contribution in [0.5, 0.6) is 0 Å². The Morgan fingerprint density at radius 3 is 2.71 bits per heavy atom. The fraction of sp³-hybridized carbons (Fsp3) is 0.0909. The van der Waals surface area contributed by atoms with Crippen LogP contribution in [0.4, 0.5) is 4.39 Å². The average Bonchev–Trinajstić information content (AvgIpc) is 2.19. The van der Waals surface area contributed by atoms with Crippen molar-refractivity contribution in [3.8, 4) is 6.07 Å². The maximum absolute atomic E-state index is 13.1. The SMILES string of the molecule is Cc1ccc(F)c(C=O)c1C=CC#N. The highest BCUT2D eigenvalue weighted by molar-refractivity contribution is 5.83. The van der Waals surface area contributed by atoms with Gasteiger partial charge >= 0.3 is 0 Å². The number of allylic oxidation sites excluding steroid dienone is 1. The first-order valence-electron chi connectivity index (χ1n) is 4.01. The largest absolute Gasteiger partial charge is 0.298 e. The van der Waals surface area contributed by atoms with E-state index in [4.69, 9.17) is 5.26 Å². The summed E-state index contributed by atoms with van der Waals surface area (Å²) in [5.41, 5.74) is 1.22. The van der Waals surface area contributed by atoms with Gasteiger partial charge in [-0.3, -0.25) is 4.79 Å². The van der Waals surface area contributed by atoms with Crippen LogP contribution in [0.15, 0.2) is 18.2 Å². The van der Waals surface area contributed by atoms with Gasteiger partial charge in [-0.05, 0) is 30.2 Å². The van der Waals surface area contributed by atoms with Gasteiger partial charge in [-0.1, -0.05) is 6.07 Å². The zero-order valence-electron chi connectivity index (χ0n) is 7.62. The third kappa shape index (κ3) is 1.86. The smallest absolute Gasteiger partial charge is 0.153 e. The topological polar surface area (TPSA) is 40.9 Å². The fourth-order valence-electron chi connectivity index (χ4n) is 1.18. The Hall–Kier alpha value is -1.95. The minimum atomic E-state index is -0.566. The van der Waals surface area contributed by atoms with Gasteiger partial charge in [-0.25, -0.2) is 4.39 Å². The lowest BCUT2D eigenvalue weighted by atomic mass is 10.0. The molecule has 0 bridgehead atoms. The molecule has 0 aliphatic carbocycles. The first-order chi connectivity index (χ1) is 6.70. The third-order valence-electron chi connectivity index (χ3n) is 1.89. The van der Waals surface area contributed by atoms with Gasteiger partial charge < -0.3 is 0 Å². The average molecular weight is 189 g/mol. The van der Waals surface area contributed by atoms with Gasteiger partial charge in [0.05, 0.1) is 11.6 Å². The van der Waals surface area contributed by atoms with Crippen molar-refractivity contribution >= 4 is 12.4 Å². The maximum atomic E-state index is 13.1. The maximum Gasteiger partial charge on any atom is 0.153 e. The van der Waals surface area contributed by atoms with E-state index in [1.807, 2.05) is 0 Å². The van der Waals surface area contributed by atoms with E-state index in [1.54, 1.807) is 19.1 Å². The van der Waals surface area contributed by atoms with Crippen LogP contribution in [0.3, 0.4) is 0 Å². The van der Waals surface area contributed by atoms with E-state index in [2.05, 4.69) is 0 Å². The van der Waals surface area contributed by atoms with Crippen molar-refractivity contribution in [1.29, 1.82) is 5.26 Å². The summed E-state index contributed by atoms with van der Waals surface area (Å²) in [5, 5.41) is 8.33. The number of rotatable bonds is 2. The minimum absolute atomic E-state index is 0.00324.